The van der Waals surface area contributed by atoms with Crippen LogP contribution in [0.3, 0.4) is 0 Å². The smallest absolute Gasteiger partial charge is 0.407 e. The third kappa shape index (κ3) is 7.29. The number of ether oxygens (including phenoxy) is 2. The van der Waals surface area contributed by atoms with Crippen LogP contribution in [0.5, 0.6) is 5.88 Å². The van der Waals surface area contributed by atoms with Crippen LogP contribution in [0.4, 0.5) is 13.6 Å². The molecule has 5 atom stereocenters. The molecular weight excluding hydrogens is 654 g/mol. The number of carbonyl (C=O) groups excluding carboxylic acids is 4. The highest BCUT2D eigenvalue weighted by molar-refractivity contribution is 7.91. The van der Waals surface area contributed by atoms with Crippen molar-refractivity contribution in [1.82, 2.24) is 30.2 Å². The number of benzene rings is 1. The lowest BCUT2D eigenvalue weighted by Gasteiger charge is -2.29. The van der Waals surface area contributed by atoms with Gasteiger partial charge in [-0.1, -0.05) is 25.0 Å². The van der Waals surface area contributed by atoms with Crippen LogP contribution < -0.4 is 20.1 Å². The van der Waals surface area contributed by atoms with Crippen molar-refractivity contribution in [3.63, 3.8) is 0 Å². The molecule has 1 aromatic carbocycles. The maximum atomic E-state index is 15.1. The lowest BCUT2D eigenvalue weighted by molar-refractivity contribution is -0.141. The van der Waals surface area contributed by atoms with E-state index in [1.54, 1.807) is 18.2 Å². The quantitative estimate of drug-likeness (QED) is 0.405. The number of alkyl halides is 2. The Hall–Kier alpha value is -4.15. The van der Waals surface area contributed by atoms with E-state index in [1.807, 2.05) is 10.8 Å². The Balaban J connectivity index is 1.30. The molecule has 14 nitrogen and oxygen atoms in total. The molecule has 17 heteroatoms. The van der Waals surface area contributed by atoms with E-state index in [1.165, 1.54) is 11.1 Å². The normalized spacial score (nSPS) is 29.4. The molecular formula is C31H38F2N6O8S. The predicted molar refractivity (Wildman–Crippen MR) is 165 cm³/mol. The number of nitrogens with one attached hydrogen (secondary N) is 3. The van der Waals surface area contributed by atoms with Crippen molar-refractivity contribution in [2.24, 2.45) is 5.92 Å². The molecule has 3 heterocycles. The van der Waals surface area contributed by atoms with Crippen LogP contribution in [-0.2, 0) is 29.1 Å². The average molecular weight is 693 g/mol. The van der Waals surface area contributed by atoms with Crippen LogP contribution in [0.15, 0.2) is 30.5 Å². The lowest BCUT2D eigenvalue weighted by Crippen LogP contribution is -2.58. The van der Waals surface area contributed by atoms with Crippen molar-refractivity contribution in [1.29, 1.82) is 0 Å². The van der Waals surface area contributed by atoms with Crippen molar-refractivity contribution in [2.45, 2.75) is 99.1 Å². The summed E-state index contributed by atoms with van der Waals surface area (Å²) in [5.41, 5.74) is -0.721. The summed E-state index contributed by atoms with van der Waals surface area (Å²) in [6.07, 6.45) is -0.155. The fourth-order valence-corrected chi connectivity index (χ4v) is 7.99. The molecule has 4 aliphatic rings. The number of hydrogen-bond acceptors (Lipinski definition) is 10. The van der Waals surface area contributed by atoms with Gasteiger partial charge in [0, 0.05) is 19.3 Å². The van der Waals surface area contributed by atoms with Crippen LogP contribution in [0.1, 0.15) is 64.2 Å². The first-order valence-corrected chi connectivity index (χ1v) is 17.6. The first-order valence-electron chi connectivity index (χ1n) is 16.1. The van der Waals surface area contributed by atoms with Crippen LogP contribution in [0.2, 0.25) is 0 Å². The summed E-state index contributed by atoms with van der Waals surface area (Å²) < 4.78 is 68.4. The van der Waals surface area contributed by atoms with Crippen LogP contribution >= 0.6 is 0 Å². The number of amides is 4. The van der Waals surface area contributed by atoms with Gasteiger partial charge in [-0.15, -0.1) is 0 Å². The number of para-hydroxylation sites is 2. The van der Waals surface area contributed by atoms with Gasteiger partial charge < -0.3 is 25.0 Å². The van der Waals surface area contributed by atoms with Gasteiger partial charge in [-0.05, 0) is 50.2 Å². The monoisotopic (exact) mass is 692 g/mol. The minimum Gasteiger partial charge on any atom is -0.471 e. The van der Waals surface area contributed by atoms with E-state index < -0.39 is 87.5 Å². The summed E-state index contributed by atoms with van der Waals surface area (Å²) in [4.78, 5) is 63.8. The van der Waals surface area contributed by atoms with Gasteiger partial charge in [-0.2, -0.15) is 0 Å². The minimum absolute atomic E-state index is 0.0735. The third-order valence-electron chi connectivity index (χ3n) is 9.47. The summed E-state index contributed by atoms with van der Waals surface area (Å²) in [5, 5.41) is 4.33. The fourth-order valence-electron chi connectivity index (χ4n) is 6.62. The molecule has 1 aromatic heterocycles. The maximum Gasteiger partial charge on any atom is 0.407 e. The highest BCUT2D eigenvalue weighted by atomic mass is 32.2. The molecule has 48 heavy (non-hydrogen) atoms. The van der Waals surface area contributed by atoms with Gasteiger partial charge in [0.15, 0.2) is 0 Å². The van der Waals surface area contributed by atoms with E-state index in [9.17, 15) is 27.6 Å². The van der Waals surface area contributed by atoms with E-state index in [4.69, 9.17) is 9.47 Å². The van der Waals surface area contributed by atoms with Crippen molar-refractivity contribution in [3.05, 3.63) is 30.5 Å². The van der Waals surface area contributed by atoms with Gasteiger partial charge in [0.05, 0.1) is 36.1 Å². The highest BCUT2D eigenvalue weighted by Gasteiger charge is 2.65. The van der Waals surface area contributed by atoms with E-state index >= 15 is 8.78 Å². The second kappa shape index (κ2) is 13.0. The van der Waals surface area contributed by atoms with E-state index in [0.29, 0.717) is 36.7 Å². The van der Waals surface area contributed by atoms with Crippen LogP contribution in [0.25, 0.3) is 11.0 Å². The van der Waals surface area contributed by atoms with Gasteiger partial charge in [0.1, 0.15) is 23.7 Å². The van der Waals surface area contributed by atoms with Crippen molar-refractivity contribution < 1.29 is 45.9 Å². The molecule has 2 saturated carbocycles. The van der Waals surface area contributed by atoms with Crippen LogP contribution in [0, 0.1) is 5.92 Å². The maximum absolute atomic E-state index is 15.1. The largest absolute Gasteiger partial charge is 0.471 e. The number of aromatic nitrogens is 2. The third-order valence-corrected chi connectivity index (χ3v) is 11.3. The molecule has 0 bridgehead atoms. The molecule has 0 spiro atoms. The molecule has 2 aliphatic heterocycles. The van der Waals surface area contributed by atoms with Gasteiger partial charge >= 0.3 is 6.09 Å². The number of rotatable bonds is 6. The van der Waals surface area contributed by atoms with Gasteiger partial charge in [-0.3, -0.25) is 19.1 Å². The fraction of sp³-hybridized carbons (Fsp3) is 0.613. The molecule has 2 aliphatic carbocycles. The lowest BCUT2D eigenvalue weighted by atomic mass is 10.00. The van der Waals surface area contributed by atoms with E-state index in [2.05, 4.69) is 20.6 Å². The van der Waals surface area contributed by atoms with E-state index in [-0.39, 0.29) is 38.1 Å². The number of carbonyl (C=O) groups is 4. The van der Waals surface area contributed by atoms with Gasteiger partial charge in [-0.25, -0.2) is 32.0 Å². The first-order chi connectivity index (χ1) is 22.8. The molecule has 3 N–H and O–H groups in total. The Morgan fingerprint density at radius 1 is 1.06 bits per heavy atom. The average Bonchev–Trinajstić information content (AvgIpc) is 3.96. The predicted octanol–water partition coefficient (Wildman–Crippen LogP) is 2.18. The van der Waals surface area contributed by atoms with Gasteiger partial charge in [0.25, 0.3) is 5.91 Å². The standard InChI is InChI=1S/C31H38F2N6O8S/c1-46-29(43)36-23-9-3-2-6-12-30(32,33)14-18-15-31(18,28(42)38-48(44,45)20-10-11-20)37-26(40)24-13-19(17-39(24)27(23)41)47-25-16-34-21-7-4-5-8-22(21)35-25/h4-5,7-8,16,18-20,23-24H,2-3,6,9-15,17H2,1H3,(H,36,43)(H,37,40)(H,38,42). The summed E-state index contributed by atoms with van der Waals surface area (Å²) in [5.74, 6) is -6.62. The number of halogens is 2. The highest BCUT2D eigenvalue weighted by Crippen LogP contribution is 2.51. The Bertz CT molecular complexity index is 1710. The molecule has 4 amide bonds. The molecule has 6 rings (SSSR count). The zero-order valence-electron chi connectivity index (χ0n) is 26.3. The topological polar surface area (TPSA) is 186 Å². The number of methoxy groups -OCH3 is 1. The summed E-state index contributed by atoms with van der Waals surface area (Å²) in [6.45, 7) is -0.110. The van der Waals surface area contributed by atoms with Crippen molar-refractivity contribution in [3.8, 4) is 5.88 Å². The molecule has 260 valence electrons. The molecule has 2 saturated heterocycles. The molecule has 5 unspecified atom stereocenters. The van der Waals surface area contributed by atoms with Crippen molar-refractivity contribution in [2.75, 3.05) is 13.7 Å². The second-order valence-corrected chi connectivity index (χ2v) is 15.0. The Labute approximate surface area is 275 Å². The SMILES string of the molecule is COC(=O)NC1CCCCCC(F)(F)CC2CC2(C(=O)NS(=O)(=O)C2CC2)NC(=O)C2CC(Oc3cnc4ccccc4n3)CN2C1=O. The Morgan fingerprint density at radius 3 is 2.54 bits per heavy atom. The number of alkyl carbamates (subject to hydrolysis) is 1. The zero-order chi connectivity index (χ0) is 34.3. The van der Waals surface area contributed by atoms with Crippen LogP contribution in [-0.4, -0.2) is 95.7 Å². The molecule has 0 radical (unpaired) electrons. The Morgan fingerprint density at radius 2 is 1.81 bits per heavy atom. The number of nitrogens with zero attached hydrogens (tertiary/aromatic N) is 3. The first kappa shape index (κ1) is 33.7. The summed E-state index contributed by atoms with van der Waals surface area (Å²) >= 11 is 0. The van der Waals surface area contributed by atoms with E-state index in [0.717, 1.165) is 7.11 Å². The number of fused-ring (bicyclic) bond motifs is 3. The Kier molecular flexibility index (Phi) is 9.17. The molecule has 2 aromatic rings. The number of sulfonamides is 1. The van der Waals surface area contributed by atoms with Gasteiger partial charge in [0.2, 0.25) is 33.6 Å². The summed E-state index contributed by atoms with van der Waals surface area (Å²) in [7, 11) is -2.92. The second-order valence-electron chi connectivity index (χ2n) is 13.1. The molecule has 4 fully saturated rings. The zero-order valence-corrected chi connectivity index (χ0v) is 27.1. The number of hydrogen-bond donors (Lipinski definition) is 3. The summed E-state index contributed by atoms with van der Waals surface area (Å²) in [6, 6.07) is 4.72. The van der Waals surface area contributed by atoms with Crippen molar-refractivity contribution >= 4 is 44.9 Å². The minimum atomic E-state index is -4.05.